The Labute approximate surface area is 108 Å². The lowest BCUT2D eigenvalue weighted by atomic mass is 10.3. The summed E-state index contributed by atoms with van der Waals surface area (Å²) in [6, 6.07) is 2.09. The van der Waals surface area contributed by atoms with Gasteiger partial charge in [0.1, 0.15) is 4.90 Å². The molecule has 0 saturated heterocycles. The molecule has 0 saturated carbocycles. The highest BCUT2D eigenvalue weighted by molar-refractivity contribution is 7.89. The molecule has 0 amide bonds. The van der Waals surface area contributed by atoms with E-state index in [0.29, 0.717) is 0 Å². The van der Waals surface area contributed by atoms with Gasteiger partial charge in [0.2, 0.25) is 10.0 Å². The van der Waals surface area contributed by atoms with E-state index >= 15 is 0 Å². The first-order valence-electron chi connectivity index (χ1n) is 4.31. The number of rotatable bonds is 4. The number of nitrogens with two attached hydrogens (primary N) is 1. The zero-order valence-electron chi connectivity index (χ0n) is 8.50. The van der Waals surface area contributed by atoms with E-state index in [1.165, 1.54) is 0 Å². The first-order chi connectivity index (χ1) is 7.74. The SMILES string of the molecule is C=C(Cl)CNS(=O)(=O)c1cc(N)cc(Cl)c1F. The summed E-state index contributed by atoms with van der Waals surface area (Å²) in [4.78, 5) is -0.625. The van der Waals surface area contributed by atoms with Gasteiger partial charge in [-0.15, -0.1) is 0 Å². The van der Waals surface area contributed by atoms with Gasteiger partial charge >= 0.3 is 0 Å². The van der Waals surface area contributed by atoms with Gasteiger partial charge in [0.05, 0.1) is 5.02 Å². The molecule has 4 nitrogen and oxygen atoms in total. The van der Waals surface area contributed by atoms with Crippen molar-refractivity contribution in [2.75, 3.05) is 12.3 Å². The Morgan fingerprint density at radius 1 is 1.53 bits per heavy atom. The van der Waals surface area contributed by atoms with Gasteiger partial charge in [-0.25, -0.2) is 17.5 Å². The molecule has 3 N–H and O–H groups in total. The number of sulfonamides is 1. The van der Waals surface area contributed by atoms with E-state index in [0.717, 1.165) is 12.1 Å². The Balaban J connectivity index is 3.19. The van der Waals surface area contributed by atoms with Crippen molar-refractivity contribution in [1.82, 2.24) is 4.72 Å². The van der Waals surface area contributed by atoms with E-state index < -0.39 is 20.7 Å². The summed E-state index contributed by atoms with van der Waals surface area (Å²) in [6.07, 6.45) is 0. The molecule has 0 aliphatic heterocycles. The topological polar surface area (TPSA) is 72.2 Å². The van der Waals surface area contributed by atoms with Crippen LogP contribution in [0.4, 0.5) is 10.1 Å². The molecular weight excluding hydrogens is 290 g/mol. The predicted octanol–water partition coefficient (Wildman–Crippen LogP) is 2.09. The van der Waals surface area contributed by atoms with Crippen molar-refractivity contribution in [2.24, 2.45) is 0 Å². The van der Waals surface area contributed by atoms with Crippen LogP contribution in [0.1, 0.15) is 0 Å². The van der Waals surface area contributed by atoms with Crippen molar-refractivity contribution < 1.29 is 12.8 Å². The average Bonchev–Trinajstić information content (AvgIpc) is 2.20. The molecule has 0 bridgehead atoms. The van der Waals surface area contributed by atoms with Crippen LogP contribution in [0.5, 0.6) is 0 Å². The minimum absolute atomic E-state index is 0.0430. The average molecular weight is 299 g/mol. The summed E-state index contributed by atoms with van der Waals surface area (Å²) < 4.78 is 39.0. The molecule has 0 aromatic heterocycles. The molecule has 0 spiro atoms. The van der Waals surface area contributed by atoms with Crippen LogP contribution in [0.3, 0.4) is 0 Å². The van der Waals surface area contributed by atoms with E-state index in [4.69, 9.17) is 28.9 Å². The van der Waals surface area contributed by atoms with Crippen LogP contribution < -0.4 is 10.5 Å². The molecule has 0 atom stereocenters. The second-order valence-corrected chi connectivity index (χ2v) is 5.83. The highest BCUT2D eigenvalue weighted by Crippen LogP contribution is 2.25. The maximum atomic E-state index is 13.5. The standard InChI is InChI=1S/C9H9Cl2FN2O2S/c1-5(10)4-14-17(15,16)8-3-6(13)2-7(11)9(8)12/h2-3,14H,1,4,13H2. The highest BCUT2D eigenvalue weighted by atomic mass is 35.5. The summed E-state index contributed by atoms with van der Waals surface area (Å²) >= 11 is 10.9. The van der Waals surface area contributed by atoms with Crippen molar-refractivity contribution in [1.29, 1.82) is 0 Å². The second-order valence-electron chi connectivity index (χ2n) is 3.16. The lowest BCUT2D eigenvalue weighted by Gasteiger charge is -2.08. The molecule has 1 aromatic rings. The molecule has 0 radical (unpaired) electrons. The lowest BCUT2D eigenvalue weighted by Crippen LogP contribution is -2.26. The quantitative estimate of drug-likeness (QED) is 0.836. The summed E-state index contributed by atoms with van der Waals surface area (Å²) in [5.41, 5.74) is 5.44. The Morgan fingerprint density at radius 2 is 2.12 bits per heavy atom. The third-order valence-corrected chi connectivity index (χ3v) is 3.57. The fourth-order valence-corrected chi connectivity index (χ4v) is 2.62. The number of hydrogen-bond acceptors (Lipinski definition) is 3. The van der Waals surface area contributed by atoms with Crippen LogP contribution in [0.25, 0.3) is 0 Å². The molecule has 0 heterocycles. The largest absolute Gasteiger partial charge is 0.399 e. The Bertz CT molecular complexity index is 560. The number of anilines is 1. The molecule has 0 fully saturated rings. The second kappa shape index (κ2) is 5.22. The van der Waals surface area contributed by atoms with E-state index in [1.54, 1.807) is 0 Å². The van der Waals surface area contributed by atoms with Crippen molar-refractivity contribution in [3.63, 3.8) is 0 Å². The molecule has 0 aliphatic rings. The summed E-state index contributed by atoms with van der Waals surface area (Å²) in [7, 11) is -4.07. The fraction of sp³-hybridized carbons (Fsp3) is 0.111. The van der Waals surface area contributed by atoms with Crippen molar-refractivity contribution in [3.05, 3.63) is 34.6 Å². The highest BCUT2D eigenvalue weighted by Gasteiger charge is 2.21. The van der Waals surface area contributed by atoms with Crippen LogP contribution in [0, 0.1) is 5.82 Å². The van der Waals surface area contributed by atoms with Crippen LogP contribution >= 0.6 is 23.2 Å². The van der Waals surface area contributed by atoms with Crippen LogP contribution in [0.2, 0.25) is 5.02 Å². The number of nitrogens with one attached hydrogen (secondary N) is 1. The van der Waals surface area contributed by atoms with Gasteiger partial charge in [0.25, 0.3) is 0 Å². The van der Waals surface area contributed by atoms with Crippen molar-refractivity contribution in [2.45, 2.75) is 4.90 Å². The third kappa shape index (κ3) is 3.57. The summed E-state index contributed by atoms with van der Waals surface area (Å²) in [5.74, 6) is -1.06. The van der Waals surface area contributed by atoms with Gasteiger partial charge < -0.3 is 5.73 Å². The van der Waals surface area contributed by atoms with E-state index in [9.17, 15) is 12.8 Å². The molecule has 17 heavy (non-hydrogen) atoms. The van der Waals surface area contributed by atoms with E-state index in [1.807, 2.05) is 0 Å². The van der Waals surface area contributed by atoms with Crippen molar-refractivity contribution >= 4 is 38.9 Å². The normalized spacial score (nSPS) is 11.5. The molecule has 1 rings (SSSR count). The molecule has 0 aliphatic carbocycles. The summed E-state index contributed by atoms with van der Waals surface area (Å²) in [6.45, 7) is 3.09. The molecule has 94 valence electrons. The molecule has 1 aromatic carbocycles. The minimum atomic E-state index is -4.07. The van der Waals surface area contributed by atoms with Crippen LogP contribution in [-0.4, -0.2) is 15.0 Å². The van der Waals surface area contributed by atoms with Gasteiger partial charge in [0, 0.05) is 17.3 Å². The summed E-state index contributed by atoms with van der Waals surface area (Å²) in [5, 5.41) is -0.293. The minimum Gasteiger partial charge on any atom is -0.399 e. The molecule has 8 heteroatoms. The number of benzene rings is 1. The first-order valence-corrected chi connectivity index (χ1v) is 6.55. The van der Waals surface area contributed by atoms with E-state index in [-0.39, 0.29) is 22.3 Å². The monoisotopic (exact) mass is 298 g/mol. The van der Waals surface area contributed by atoms with Crippen LogP contribution in [0.15, 0.2) is 28.6 Å². The predicted molar refractivity (Wildman–Crippen MR) is 66.0 cm³/mol. The first kappa shape index (κ1) is 14.2. The van der Waals surface area contributed by atoms with Gasteiger partial charge in [-0.3, -0.25) is 0 Å². The van der Waals surface area contributed by atoms with Gasteiger partial charge in [-0.1, -0.05) is 29.8 Å². The van der Waals surface area contributed by atoms with Crippen molar-refractivity contribution in [3.8, 4) is 0 Å². The molecular formula is C9H9Cl2FN2O2S. The molecule has 0 unspecified atom stereocenters. The smallest absolute Gasteiger partial charge is 0.243 e. The lowest BCUT2D eigenvalue weighted by molar-refractivity contribution is 0.560. The van der Waals surface area contributed by atoms with Gasteiger partial charge in [0.15, 0.2) is 5.82 Å². The third-order valence-electron chi connectivity index (χ3n) is 1.76. The fourth-order valence-electron chi connectivity index (χ4n) is 1.03. The number of hydrogen-bond donors (Lipinski definition) is 2. The Hall–Kier alpha value is -0.820. The Morgan fingerprint density at radius 3 is 2.65 bits per heavy atom. The zero-order valence-corrected chi connectivity index (χ0v) is 10.8. The number of halogens is 3. The van der Waals surface area contributed by atoms with E-state index in [2.05, 4.69) is 11.3 Å². The maximum absolute atomic E-state index is 13.5. The Kier molecular flexibility index (Phi) is 4.37. The van der Waals surface area contributed by atoms with Crippen LogP contribution in [-0.2, 0) is 10.0 Å². The van der Waals surface area contributed by atoms with Gasteiger partial charge in [-0.2, -0.15) is 0 Å². The maximum Gasteiger partial charge on any atom is 0.243 e. The van der Waals surface area contributed by atoms with Gasteiger partial charge in [-0.05, 0) is 12.1 Å². The number of nitrogen functional groups attached to an aromatic ring is 1. The zero-order chi connectivity index (χ0) is 13.2.